The van der Waals surface area contributed by atoms with Crippen LogP contribution in [0.2, 0.25) is 0 Å². The number of likely N-dealkylation sites (tertiary alicyclic amines) is 2. The lowest BCUT2D eigenvalue weighted by atomic mass is 10.0. The van der Waals surface area contributed by atoms with Gasteiger partial charge < -0.3 is 20.4 Å². The Morgan fingerprint density at radius 1 is 0.605 bits per heavy atom. The number of rotatable bonds is 10. The van der Waals surface area contributed by atoms with Gasteiger partial charge in [0.05, 0.1) is 11.0 Å². The summed E-state index contributed by atoms with van der Waals surface area (Å²) in [6.07, 6.45) is 7.75. The standard InChI is InChI=1S/C32H42N6/c1-23-21-29(33-13-7-19-37-15-3-4-16-37)27-11-10-26-25(31(27)35-23)9-12-28-30(22-24(2)36-32(26)28)34-14-8-20-38-17-5-6-18-38/h9-12,21-22H,3-8,13-20H2,1-2H3,(H,33,35)(H,34,36). The number of nitrogens with one attached hydrogen (secondary N) is 2. The molecule has 0 atom stereocenters. The summed E-state index contributed by atoms with van der Waals surface area (Å²) in [6, 6.07) is 13.3. The first kappa shape index (κ1) is 25.3. The number of anilines is 2. The van der Waals surface area contributed by atoms with E-state index < -0.39 is 0 Å². The second-order valence-electron chi connectivity index (χ2n) is 11.3. The van der Waals surface area contributed by atoms with Crippen LogP contribution in [0, 0.1) is 13.8 Å². The molecule has 0 unspecified atom stereocenters. The average molecular weight is 511 g/mol. The van der Waals surface area contributed by atoms with Crippen LogP contribution in [0.5, 0.6) is 0 Å². The minimum Gasteiger partial charge on any atom is -0.384 e. The molecule has 2 aliphatic rings. The Kier molecular flexibility index (Phi) is 7.61. The molecule has 6 nitrogen and oxygen atoms in total. The molecule has 2 aromatic carbocycles. The van der Waals surface area contributed by atoms with E-state index in [1.54, 1.807) is 0 Å². The summed E-state index contributed by atoms with van der Waals surface area (Å²) in [5.41, 5.74) is 6.60. The maximum atomic E-state index is 5.01. The molecule has 0 amide bonds. The topological polar surface area (TPSA) is 56.3 Å². The van der Waals surface area contributed by atoms with Gasteiger partial charge >= 0.3 is 0 Å². The summed E-state index contributed by atoms with van der Waals surface area (Å²) >= 11 is 0. The molecule has 4 aromatic rings. The van der Waals surface area contributed by atoms with Crippen molar-refractivity contribution in [1.29, 1.82) is 0 Å². The third kappa shape index (κ3) is 5.43. The molecule has 2 fully saturated rings. The minimum absolute atomic E-state index is 0.984. The molecular weight excluding hydrogens is 468 g/mol. The van der Waals surface area contributed by atoms with Crippen LogP contribution >= 0.6 is 0 Å². The molecule has 4 heterocycles. The van der Waals surface area contributed by atoms with Crippen molar-refractivity contribution in [1.82, 2.24) is 19.8 Å². The number of nitrogens with zero attached hydrogens (tertiary/aromatic N) is 4. The highest BCUT2D eigenvalue weighted by Crippen LogP contribution is 2.35. The van der Waals surface area contributed by atoms with E-state index in [0.717, 1.165) is 48.4 Å². The second-order valence-corrected chi connectivity index (χ2v) is 11.3. The van der Waals surface area contributed by atoms with Gasteiger partial charge in [-0.25, -0.2) is 0 Å². The minimum atomic E-state index is 0.984. The number of aromatic nitrogens is 2. The zero-order valence-electron chi connectivity index (χ0n) is 23.2. The molecule has 0 bridgehead atoms. The van der Waals surface area contributed by atoms with Gasteiger partial charge in [0, 0.05) is 57.4 Å². The van der Waals surface area contributed by atoms with E-state index in [1.165, 1.54) is 97.9 Å². The summed E-state index contributed by atoms with van der Waals surface area (Å²) in [4.78, 5) is 15.2. The van der Waals surface area contributed by atoms with Crippen molar-refractivity contribution in [2.24, 2.45) is 0 Å². The van der Waals surface area contributed by atoms with Crippen molar-refractivity contribution in [3.63, 3.8) is 0 Å². The van der Waals surface area contributed by atoms with Crippen LogP contribution < -0.4 is 10.6 Å². The number of hydrogen-bond acceptors (Lipinski definition) is 6. The normalized spacial score (nSPS) is 16.8. The summed E-state index contributed by atoms with van der Waals surface area (Å²) < 4.78 is 0. The number of pyridine rings is 2. The SMILES string of the molecule is Cc1cc(NCCCN2CCCC2)c2ccc3c(ccc4c(NCCCN5CCCC5)cc(C)nc43)c2n1. The van der Waals surface area contributed by atoms with Crippen molar-refractivity contribution in [3.05, 3.63) is 47.8 Å². The molecule has 200 valence electrons. The van der Waals surface area contributed by atoms with Crippen LogP contribution in [0.15, 0.2) is 36.4 Å². The number of hydrogen-bond donors (Lipinski definition) is 2. The van der Waals surface area contributed by atoms with Gasteiger partial charge in [0.1, 0.15) is 0 Å². The smallest absolute Gasteiger partial charge is 0.0805 e. The fraction of sp³-hybridized carbons (Fsp3) is 0.500. The van der Waals surface area contributed by atoms with Crippen molar-refractivity contribution in [3.8, 4) is 0 Å². The average Bonchev–Trinajstić information content (AvgIpc) is 3.63. The Labute approximate surface area is 226 Å². The zero-order valence-corrected chi connectivity index (χ0v) is 23.2. The third-order valence-corrected chi connectivity index (χ3v) is 8.34. The van der Waals surface area contributed by atoms with E-state index in [2.05, 4.69) is 70.7 Å². The Morgan fingerprint density at radius 2 is 1.00 bits per heavy atom. The molecule has 2 saturated heterocycles. The maximum Gasteiger partial charge on any atom is 0.0805 e. The molecule has 6 rings (SSSR count). The van der Waals surface area contributed by atoms with Crippen LogP contribution in [0.1, 0.15) is 49.9 Å². The highest BCUT2D eigenvalue weighted by Gasteiger charge is 2.15. The van der Waals surface area contributed by atoms with E-state index >= 15 is 0 Å². The molecule has 2 N–H and O–H groups in total. The molecule has 0 radical (unpaired) electrons. The zero-order chi connectivity index (χ0) is 25.9. The van der Waals surface area contributed by atoms with Crippen LogP contribution in [-0.4, -0.2) is 72.1 Å². The quantitative estimate of drug-likeness (QED) is 0.192. The fourth-order valence-corrected chi connectivity index (χ4v) is 6.40. The fourth-order valence-electron chi connectivity index (χ4n) is 6.40. The van der Waals surface area contributed by atoms with E-state index in [-0.39, 0.29) is 0 Å². The maximum absolute atomic E-state index is 5.01. The summed E-state index contributed by atoms with van der Waals surface area (Å²) in [5, 5.41) is 12.2. The molecule has 2 aliphatic heterocycles. The first-order chi connectivity index (χ1) is 18.7. The largest absolute Gasteiger partial charge is 0.384 e. The molecule has 2 aromatic heterocycles. The van der Waals surface area contributed by atoms with Crippen molar-refractivity contribution < 1.29 is 0 Å². The first-order valence-electron chi connectivity index (χ1n) is 14.7. The van der Waals surface area contributed by atoms with Gasteiger partial charge in [-0.05, 0) is 104 Å². The second kappa shape index (κ2) is 11.4. The molecular formula is C32H42N6. The Balaban J connectivity index is 1.25. The van der Waals surface area contributed by atoms with Crippen LogP contribution in [0.4, 0.5) is 11.4 Å². The molecule has 38 heavy (non-hydrogen) atoms. The van der Waals surface area contributed by atoms with E-state index in [4.69, 9.17) is 9.97 Å². The predicted molar refractivity (Wildman–Crippen MR) is 162 cm³/mol. The number of aryl methyl sites for hydroxylation is 2. The van der Waals surface area contributed by atoms with Gasteiger partial charge in [-0.3, -0.25) is 9.97 Å². The molecule has 6 heteroatoms. The third-order valence-electron chi connectivity index (χ3n) is 8.34. The molecule has 0 saturated carbocycles. The number of benzene rings is 2. The lowest BCUT2D eigenvalue weighted by Crippen LogP contribution is -2.22. The van der Waals surface area contributed by atoms with Gasteiger partial charge in [-0.2, -0.15) is 0 Å². The Hall–Kier alpha value is -2.96. The van der Waals surface area contributed by atoms with Crippen LogP contribution in [0.25, 0.3) is 32.6 Å². The Bertz CT molecular complexity index is 1310. The summed E-state index contributed by atoms with van der Waals surface area (Å²) in [5.74, 6) is 0. The van der Waals surface area contributed by atoms with Gasteiger partial charge in [-0.15, -0.1) is 0 Å². The van der Waals surface area contributed by atoms with Gasteiger partial charge in [0.25, 0.3) is 0 Å². The highest BCUT2D eigenvalue weighted by molar-refractivity contribution is 6.18. The monoisotopic (exact) mass is 510 g/mol. The van der Waals surface area contributed by atoms with Crippen molar-refractivity contribution in [2.75, 3.05) is 63.0 Å². The predicted octanol–water partition coefficient (Wildman–Crippen LogP) is 6.35. The highest BCUT2D eigenvalue weighted by atomic mass is 15.1. The first-order valence-corrected chi connectivity index (χ1v) is 14.7. The van der Waals surface area contributed by atoms with E-state index in [0.29, 0.717) is 0 Å². The summed E-state index contributed by atoms with van der Waals surface area (Å²) in [7, 11) is 0. The number of fused-ring (bicyclic) bond motifs is 5. The van der Waals surface area contributed by atoms with E-state index in [1.807, 2.05) is 0 Å². The molecule has 0 aliphatic carbocycles. The van der Waals surface area contributed by atoms with Crippen LogP contribution in [0.3, 0.4) is 0 Å². The lowest BCUT2D eigenvalue weighted by molar-refractivity contribution is 0.337. The lowest BCUT2D eigenvalue weighted by Gasteiger charge is -2.17. The Morgan fingerprint density at radius 3 is 1.42 bits per heavy atom. The van der Waals surface area contributed by atoms with Gasteiger partial charge in [-0.1, -0.05) is 24.3 Å². The van der Waals surface area contributed by atoms with Crippen molar-refractivity contribution >= 4 is 44.0 Å². The van der Waals surface area contributed by atoms with Gasteiger partial charge in [0.15, 0.2) is 0 Å². The van der Waals surface area contributed by atoms with Crippen molar-refractivity contribution in [2.45, 2.75) is 52.4 Å². The molecule has 0 spiro atoms. The van der Waals surface area contributed by atoms with Crippen LogP contribution in [-0.2, 0) is 0 Å². The van der Waals surface area contributed by atoms with E-state index in [9.17, 15) is 0 Å². The summed E-state index contributed by atoms with van der Waals surface area (Å²) in [6.45, 7) is 13.6. The van der Waals surface area contributed by atoms with Gasteiger partial charge in [0.2, 0.25) is 0 Å².